The molecule has 0 aromatic heterocycles. The SMILES string of the molecule is CC(CN[C@H](C)C(=O)O)c1ccc(C(F)(F)F)cc1. The number of alkyl halides is 3. The number of nitrogens with one attached hydrogen (secondary N) is 1. The molecule has 0 aliphatic carbocycles. The van der Waals surface area contributed by atoms with Crippen LogP contribution in [0.1, 0.15) is 30.9 Å². The molecule has 1 unspecified atom stereocenters. The molecule has 2 atom stereocenters. The molecule has 106 valence electrons. The van der Waals surface area contributed by atoms with E-state index in [0.717, 1.165) is 17.7 Å². The summed E-state index contributed by atoms with van der Waals surface area (Å²) >= 11 is 0. The zero-order valence-corrected chi connectivity index (χ0v) is 10.7. The van der Waals surface area contributed by atoms with Gasteiger partial charge in [0.15, 0.2) is 0 Å². The number of hydrogen-bond acceptors (Lipinski definition) is 2. The quantitative estimate of drug-likeness (QED) is 0.868. The van der Waals surface area contributed by atoms with Gasteiger partial charge in [0.1, 0.15) is 6.04 Å². The summed E-state index contributed by atoms with van der Waals surface area (Å²) in [6.07, 6.45) is -4.34. The van der Waals surface area contributed by atoms with Crippen molar-refractivity contribution >= 4 is 5.97 Å². The first-order valence-electron chi connectivity index (χ1n) is 5.85. The van der Waals surface area contributed by atoms with Gasteiger partial charge in [0.25, 0.3) is 0 Å². The zero-order valence-electron chi connectivity index (χ0n) is 10.7. The van der Waals surface area contributed by atoms with Crippen molar-refractivity contribution in [2.75, 3.05) is 6.54 Å². The summed E-state index contributed by atoms with van der Waals surface area (Å²) in [5.41, 5.74) is 0.0494. The summed E-state index contributed by atoms with van der Waals surface area (Å²) in [7, 11) is 0. The minimum absolute atomic E-state index is 0.0657. The van der Waals surface area contributed by atoms with E-state index >= 15 is 0 Å². The number of hydrogen-bond donors (Lipinski definition) is 2. The van der Waals surface area contributed by atoms with Crippen LogP contribution in [-0.4, -0.2) is 23.7 Å². The van der Waals surface area contributed by atoms with Gasteiger partial charge >= 0.3 is 12.1 Å². The van der Waals surface area contributed by atoms with Crippen molar-refractivity contribution in [2.24, 2.45) is 0 Å². The predicted octanol–water partition coefficient (Wildman–Crippen LogP) is 2.87. The summed E-state index contributed by atoms with van der Waals surface area (Å²) in [5.74, 6) is -1.02. The normalized spacial score (nSPS) is 15.0. The molecule has 6 heteroatoms. The molecule has 0 spiro atoms. The van der Waals surface area contributed by atoms with E-state index in [9.17, 15) is 18.0 Å². The Morgan fingerprint density at radius 1 is 1.26 bits per heavy atom. The Kier molecular flexibility index (Phi) is 4.94. The van der Waals surface area contributed by atoms with Crippen LogP contribution in [0.15, 0.2) is 24.3 Å². The molecular formula is C13H16F3NO2. The molecule has 0 aliphatic heterocycles. The van der Waals surface area contributed by atoms with Crippen LogP contribution in [0.3, 0.4) is 0 Å². The number of carboxylic acid groups (broad SMARTS) is 1. The summed E-state index contributed by atoms with van der Waals surface area (Å²) in [4.78, 5) is 10.6. The lowest BCUT2D eigenvalue weighted by Crippen LogP contribution is -2.35. The second-order valence-electron chi connectivity index (χ2n) is 4.49. The molecule has 19 heavy (non-hydrogen) atoms. The minimum Gasteiger partial charge on any atom is -0.480 e. The highest BCUT2D eigenvalue weighted by Gasteiger charge is 2.30. The van der Waals surface area contributed by atoms with Gasteiger partial charge in [-0.3, -0.25) is 4.79 Å². The molecule has 0 saturated carbocycles. The Morgan fingerprint density at radius 2 is 1.79 bits per heavy atom. The standard InChI is InChI=1S/C13H16F3NO2/c1-8(7-17-9(2)12(18)19)10-3-5-11(6-4-10)13(14,15)16/h3-6,8-9,17H,7H2,1-2H3,(H,18,19)/t8?,9-/m1/s1. The molecular weight excluding hydrogens is 259 g/mol. The summed E-state index contributed by atoms with van der Waals surface area (Å²) in [6.45, 7) is 3.73. The fourth-order valence-corrected chi connectivity index (χ4v) is 1.56. The van der Waals surface area contributed by atoms with Crippen LogP contribution >= 0.6 is 0 Å². The highest BCUT2D eigenvalue weighted by molar-refractivity contribution is 5.72. The first-order valence-corrected chi connectivity index (χ1v) is 5.85. The minimum atomic E-state index is -4.34. The van der Waals surface area contributed by atoms with E-state index in [1.807, 2.05) is 6.92 Å². The van der Waals surface area contributed by atoms with Crippen LogP contribution in [0.5, 0.6) is 0 Å². The van der Waals surface area contributed by atoms with Crippen LogP contribution < -0.4 is 5.32 Å². The molecule has 0 saturated heterocycles. The highest BCUT2D eigenvalue weighted by atomic mass is 19.4. The Balaban J connectivity index is 2.63. The first-order chi connectivity index (χ1) is 8.71. The third-order valence-electron chi connectivity index (χ3n) is 2.91. The van der Waals surface area contributed by atoms with Gasteiger partial charge < -0.3 is 10.4 Å². The van der Waals surface area contributed by atoms with E-state index in [1.54, 1.807) is 0 Å². The van der Waals surface area contributed by atoms with Crippen LogP contribution in [0.4, 0.5) is 13.2 Å². The lowest BCUT2D eigenvalue weighted by atomic mass is 9.99. The van der Waals surface area contributed by atoms with Crippen molar-refractivity contribution in [3.8, 4) is 0 Å². The van der Waals surface area contributed by atoms with E-state index in [1.165, 1.54) is 19.1 Å². The second-order valence-corrected chi connectivity index (χ2v) is 4.49. The number of carboxylic acids is 1. The first kappa shape index (κ1) is 15.5. The second kappa shape index (κ2) is 6.06. The molecule has 0 fully saturated rings. The van der Waals surface area contributed by atoms with E-state index < -0.39 is 23.8 Å². The molecule has 0 aliphatic rings. The van der Waals surface area contributed by atoms with Crippen molar-refractivity contribution < 1.29 is 23.1 Å². The summed E-state index contributed by atoms with van der Waals surface area (Å²) in [6, 6.07) is 4.22. The topological polar surface area (TPSA) is 49.3 Å². The van der Waals surface area contributed by atoms with Crippen LogP contribution in [-0.2, 0) is 11.0 Å². The van der Waals surface area contributed by atoms with Crippen molar-refractivity contribution in [3.05, 3.63) is 35.4 Å². The van der Waals surface area contributed by atoms with Gasteiger partial charge in [0.05, 0.1) is 5.56 Å². The van der Waals surface area contributed by atoms with Crippen molar-refractivity contribution in [2.45, 2.75) is 32.0 Å². The maximum absolute atomic E-state index is 12.4. The average Bonchev–Trinajstić information content (AvgIpc) is 2.34. The Morgan fingerprint density at radius 3 is 2.21 bits per heavy atom. The van der Waals surface area contributed by atoms with E-state index in [4.69, 9.17) is 5.11 Å². The van der Waals surface area contributed by atoms with E-state index in [2.05, 4.69) is 5.32 Å². The van der Waals surface area contributed by atoms with Gasteiger partial charge in [-0.15, -0.1) is 0 Å². The number of benzene rings is 1. The molecule has 0 heterocycles. The maximum Gasteiger partial charge on any atom is 0.416 e. The molecule has 0 radical (unpaired) electrons. The van der Waals surface area contributed by atoms with Crippen molar-refractivity contribution in [1.82, 2.24) is 5.32 Å². The smallest absolute Gasteiger partial charge is 0.416 e. The molecule has 1 aromatic rings. The van der Waals surface area contributed by atoms with Crippen LogP contribution in [0.25, 0.3) is 0 Å². The van der Waals surface area contributed by atoms with Crippen molar-refractivity contribution in [3.63, 3.8) is 0 Å². The molecule has 3 nitrogen and oxygen atoms in total. The summed E-state index contributed by atoms with van der Waals surface area (Å²) in [5, 5.41) is 11.5. The van der Waals surface area contributed by atoms with Gasteiger partial charge in [-0.2, -0.15) is 13.2 Å². The van der Waals surface area contributed by atoms with Gasteiger partial charge in [-0.1, -0.05) is 19.1 Å². The fraction of sp³-hybridized carbons (Fsp3) is 0.462. The molecule has 2 N–H and O–H groups in total. The lowest BCUT2D eigenvalue weighted by molar-refractivity contribution is -0.139. The predicted molar refractivity (Wildman–Crippen MR) is 65.0 cm³/mol. The van der Waals surface area contributed by atoms with Gasteiger partial charge in [-0.05, 0) is 30.5 Å². The maximum atomic E-state index is 12.4. The Hall–Kier alpha value is -1.56. The Bertz CT molecular complexity index is 429. The number of halogens is 3. The number of carbonyl (C=O) groups is 1. The third kappa shape index (κ3) is 4.55. The molecule has 1 aromatic carbocycles. The highest BCUT2D eigenvalue weighted by Crippen LogP contribution is 2.30. The van der Waals surface area contributed by atoms with Crippen LogP contribution in [0.2, 0.25) is 0 Å². The van der Waals surface area contributed by atoms with Crippen molar-refractivity contribution in [1.29, 1.82) is 0 Å². The van der Waals surface area contributed by atoms with Crippen LogP contribution in [0, 0.1) is 0 Å². The zero-order chi connectivity index (χ0) is 14.6. The number of rotatable bonds is 5. The van der Waals surface area contributed by atoms with E-state index in [0.29, 0.717) is 6.54 Å². The average molecular weight is 275 g/mol. The van der Waals surface area contributed by atoms with E-state index in [-0.39, 0.29) is 5.92 Å². The largest absolute Gasteiger partial charge is 0.480 e. The molecule has 1 rings (SSSR count). The number of aliphatic carboxylic acids is 1. The third-order valence-corrected chi connectivity index (χ3v) is 2.91. The summed E-state index contributed by atoms with van der Waals surface area (Å²) < 4.78 is 37.2. The monoisotopic (exact) mass is 275 g/mol. The lowest BCUT2D eigenvalue weighted by Gasteiger charge is -2.16. The van der Waals surface area contributed by atoms with Gasteiger partial charge in [0, 0.05) is 6.54 Å². The molecule has 0 bridgehead atoms. The van der Waals surface area contributed by atoms with Gasteiger partial charge in [-0.25, -0.2) is 0 Å². The van der Waals surface area contributed by atoms with Gasteiger partial charge in [0.2, 0.25) is 0 Å². The fourth-order valence-electron chi connectivity index (χ4n) is 1.56. The molecule has 0 amide bonds. The Labute approximate surface area is 109 Å².